The van der Waals surface area contributed by atoms with E-state index in [2.05, 4.69) is 53.6 Å². The van der Waals surface area contributed by atoms with Crippen LogP contribution in [0, 0.1) is 17.4 Å². The molecule has 3 heteroatoms. The van der Waals surface area contributed by atoms with Crippen molar-refractivity contribution in [1.82, 2.24) is 0 Å². The number of rotatable bonds is 4. The first-order chi connectivity index (χ1) is 8.79. The highest BCUT2D eigenvalue weighted by Crippen LogP contribution is 2.43. The fourth-order valence-corrected chi connectivity index (χ4v) is 4.15. The van der Waals surface area contributed by atoms with Crippen LogP contribution in [0.3, 0.4) is 0 Å². The molecule has 0 bridgehead atoms. The molecule has 0 amide bonds. The first-order valence-electron chi connectivity index (χ1n) is 7.13. The molecule has 1 aliphatic rings. The fraction of sp³-hybridized carbons (Fsp3) is 0.688. The Kier molecular flexibility index (Phi) is 6.07. The first kappa shape index (κ1) is 16.7. The van der Waals surface area contributed by atoms with Gasteiger partial charge in [0.25, 0.3) is 0 Å². The summed E-state index contributed by atoms with van der Waals surface area (Å²) < 4.78 is -0.367. The van der Waals surface area contributed by atoms with Gasteiger partial charge in [-0.25, -0.2) is 0 Å². The maximum Gasteiger partial charge on any atom is 0.150 e. The lowest BCUT2D eigenvalue weighted by Crippen LogP contribution is -2.42. The van der Waals surface area contributed by atoms with Gasteiger partial charge in [-0.05, 0) is 31.6 Å². The molecular weight excluding hydrogens is 316 g/mol. The SMILES string of the molecule is C=CCC1(Br)C(=O)CCCC1CCC#C[Si](C)(C)C. The van der Waals surface area contributed by atoms with Gasteiger partial charge < -0.3 is 0 Å². The first-order valence-corrected chi connectivity index (χ1v) is 11.4. The summed E-state index contributed by atoms with van der Waals surface area (Å²) >= 11 is 3.72. The largest absolute Gasteiger partial charge is 0.298 e. The van der Waals surface area contributed by atoms with Gasteiger partial charge in [0.15, 0.2) is 0 Å². The molecule has 19 heavy (non-hydrogen) atoms. The Labute approximate surface area is 127 Å². The molecule has 1 saturated carbocycles. The van der Waals surface area contributed by atoms with Crippen LogP contribution in [-0.2, 0) is 4.79 Å². The number of alkyl halides is 1. The molecule has 0 radical (unpaired) electrons. The minimum atomic E-state index is -1.26. The summed E-state index contributed by atoms with van der Waals surface area (Å²) in [5.74, 6) is 4.08. The van der Waals surface area contributed by atoms with E-state index in [4.69, 9.17) is 0 Å². The van der Waals surface area contributed by atoms with Crippen molar-refractivity contribution in [2.24, 2.45) is 5.92 Å². The molecule has 0 aliphatic heterocycles. The molecule has 0 spiro atoms. The molecule has 0 aromatic carbocycles. The zero-order valence-corrected chi connectivity index (χ0v) is 15.0. The standard InChI is InChI=1S/C16H25BrOSi/c1-5-12-16(17)14(10-8-11-15(16)18)9-6-7-13-19(2,3)4/h5,14H,1,6,8-12H2,2-4H3. The van der Waals surface area contributed by atoms with Crippen molar-refractivity contribution in [3.8, 4) is 11.5 Å². The monoisotopic (exact) mass is 340 g/mol. The van der Waals surface area contributed by atoms with Gasteiger partial charge in [0.2, 0.25) is 0 Å². The lowest BCUT2D eigenvalue weighted by atomic mass is 9.74. The van der Waals surface area contributed by atoms with Crippen LogP contribution in [-0.4, -0.2) is 18.2 Å². The predicted molar refractivity (Wildman–Crippen MR) is 89.2 cm³/mol. The highest BCUT2D eigenvalue weighted by atomic mass is 79.9. The van der Waals surface area contributed by atoms with Crippen molar-refractivity contribution in [1.29, 1.82) is 0 Å². The Bertz CT molecular complexity index is 399. The van der Waals surface area contributed by atoms with Crippen molar-refractivity contribution >= 4 is 29.8 Å². The van der Waals surface area contributed by atoms with E-state index in [1.54, 1.807) is 0 Å². The Morgan fingerprint density at radius 1 is 1.53 bits per heavy atom. The van der Waals surface area contributed by atoms with Crippen LogP contribution in [0.4, 0.5) is 0 Å². The number of hydrogen-bond donors (Lipinski definition) is 0. The van der Waals surface area contributed by atoms with E-state index in [9.17, 15) is 4.79 Å². The van der Waals surface area contributed by atoms with Crippen molar-refractivity contribution < 1.29 is 4.79 Å². The van der Waals surface area contributed by atoms with E-state index in [-0.39, 0.29) is 4.32 Å². The minimum absolute atomic E-state index is 0.349. The Morgan fingerprint density at radius 3 is 2.79 bits per heavy atom. The number of carbonyl (C=O) groups excluding carboxylic acids is 1. The topological polar surface area (TPSA) is 17.1 Å². The summed E-state index contributed by atoms with van der Waals surface area (Å²) in [5.41, 5.74) is 3.40. The van der Waals surface area contributed by atoms with Gasteiger partial charge in [-0.3, -0.25) is 4.79 Å². The lowest BCUT2D eigenvalue weighted by molar-refractivity contribution is -0.124. The average molecular weight is 341 g/mol. The van der Waals surface area contributed by atoms with E-state index in [1.807, 2.05) is 6.08 Å². The summed E-state index contributed by atoms with van der Waals surface area (Å²) in [6.45, 7) is 10.6. The highest BCUT2D eigenvalue weighted by molar-refractivity contribution is 9.10. The number of Topliss-reactive ketones (excluding diaryl/α,β-unsaturated/α-hetero) is 1. The third-order valence-corrected chi connectivity index (χ3v) is 5.93. The number of allylic oxidation sites excluding steroid dienone is 1. The smallest absolute Gasteiger partial charge is 0.150 e. The molecule has 106 valence electrons. The van der Waals surface area contributed by atoms with E-state index in [0.29, 0.717) is 18.1 Å². The molecule has 0 aromatic heterocycles. The number of carbonyl (C=O) groups is 1. The number of halogens is 1. The molecule has 0 heterocycles. The summed E-state index contributed by atoms with van der Waals surface area (Å²) in [7, 11) is -1.26. The van der Waals surface area contributed by atoms with Gasteiger partial charge in [-0.2, -0.15) is 0 Å². The normalized spacial score (nSPS) is 27.6. The minimum Gasteiger partial charge on any atom is -0.298 e. The molecule has 1 aliphatic carbocycles. The van der Waals surface area contributed by atoms with Crippen LogP contribution < -0.4 is 0 Å². The molecule has 2 atom stereocenters. The second-order valence-corrected chi connectivity index (χ2v) is 12.6. The third-order valence-electron chi connectivity index (χ3n) is 3.59. The highest BCUT2D eigenvalue weighted by Gasteiger charge is 2.43. The molecule has 0 aromatic rings. The van der Waals surface area contributed by atoms with Gasteiger partial charge in [-0.15, -0.1) is 18.0 Å². The van der Waals surface area contributed by atoms with Gasteiger partial charge >= 0.3 is 0 Å². The van der Waals surface area contributed by atoms with E-state index < -0.39 is 8.07 Å². The average Bonchev–Trinajstić information content (AvgIpc) is 2.29. The second kappa shape index (κ2) is 6.90. The van der Waals surface area contributed by atoms with E-state index >= 15 is 0 Å². The number of ketones is 1. The summed E-state index contributed by atoms with van der Waals surface area (Å²) in [5, 5.41) is 0. The third kappa shape index (κ3) is 4.93. The van der Waals surface area contributed by atoms with Crippen molar-refractivity contribution in [2.75, 3.05) is 0 Å². The van der Waals surface area contributed by atoms with Gasteiger partial charge in [0.05, 0.1) is 4.32 Å². The fourth-order valence-electron chi connectivity index (χ4n) is 2.61. The maximum atomic E-state index is 12.2. The van der Waals surface area contributed by atoms with Crippen molar-refractivity contribution in [3.05, 3.63) is 12.7 Å². The zero-order valence-electron chi connectivity index (χ0n) is 12.4. The zero-order chi connectivity index (χ0) is 14.5. The Morgan fingerprint density at radius 2 is 2.21 bits per heavy atom. The van der Waals surface area contributed by atoms with Gasteiger partial charge in [-0.1, -0.05) is 41.6 Å². The number of hydrogen-bond acceptors (Lipinski definition) is 1. The lowest BCUT2D eigenvalue weighted by Gasteiger charge is -2.37. The van der Waals surface area contributed by atoms with E-state index in [1.165, 1.54) is 0 Å². The van der Waals surface area contributed by atoms with Gasteiger partial charge in [0, 0.05) is 12.8 Å². The van der Waals surface area contributed by atoms with Crippen LogP contribution in [0.25, 0.3) is 0 Å². The quantitative estimate of drug-likeness (QED) is 0.313. The summed E-state index contributed by atoms with van der Waals surface area (Å²) in [4.78, 5) is 12.2. The molecule has 1 fully saturated rings. The van der Waals surface area contributed by atoms with Crippen LogP contribution in [0.5, 0.6) is 0 Å². The molecule has 1 nitrogen and oxygen atoms in total. The molecule has 0 saturated heterocycles. The van der Waals surface area contributed by atoms with Crippen LogP contribution in [0.15, 0.2) is 12.7 Å². The maximum absolute atomic E-state index is 12.2. The Hall–Kier alpha value is -0.333. The summed E-state index contributed by atoms with van der Waals surface area (Å²) in [6, 6.07) is 0. The van der Waals surface area contributed by atoms with Crippen LogP contribution in [0.1, 0.15) is 38.5 Å². The van der Waals surface area contributed by atoms with E-state index in [0.717, 1.165) is 32.1 Å². The molecule has 0 N–H and O–H groups in total. The van der Waals surface area contributed by atoms with Gasteiger partial charge in [0.1, 0.15) is 13.9 Å². The van der Waals surface area contributed by atoms with Crippen LogP contribution in [0.2, 0.25) is 19.6 Å². The van der Waals surface area contributed by atoms with Crippen LogP contribution >= 0.6 is 15.9 Å². The molecule has 1 rings (SSSR count). The molecule has 2 unspecified atom stereocenters. The van der Waals surface area contributed by atoms with Crippen molar-refractivity contribution in [3.63, 3.8) is 0 Å². The Balaban J connectivity index is 2.66. The molecular formula is C16H25BrOSi. The second-order valence-electron chi connectivity index (χ2n) is 6.46. The summed E-state index contributed by atoms with van der Waals surface area (Å²) in [6.07, 6.45) is 7.37. The predicted octanol–water partition coefficient (Wildman–Crippen LogP) is 4.73. The van der Waals surface area contributed by atoms with Crippen molar-refractivity contribution in [2.45, 2.75) is 62.5 Å².